The molecule has 1 aliphatic rings. The van der Waals surface area contributed by atoms with Crippen molar-refractivity contribution in [2.45, 2.75) is 26.2 Å². The summed E-state index contributed by atoms with van der Waals surface area (Å²) >= 11 is 0. The van der Waals surface area contributed by atoms with E-state index in [2.05, 4.69) is 12.2 Å². The highest BCUT2D eigenvalue weighted by molar-refractivity contribution is 5.94. The van der Waals surface area contributed by atoms with E-state index in [0.29, 0.717) is 11.6 Å². The summed E-state index contributed by atoms with van der Waals surface area (Å²) in [6.07, 6.45) is 3.90. The van der Waals surface area contributed by atoms with Crippen molar-refractivity contribution in [1.29, 1.82) is 0 Å². The smallest absolute Gasteiger partial charge is 0.337 e. The van der Waals surface area contributed by atoms with Crippen molar-refractivity contribution in [3.8, 4) is 0 Å². The monoisotopic (exact) mass is 248 g/mol. The molecule has 1 aromatic carbocycles. The molecule has 1 fully saturated rings. The quantitative estimate of drug-likeness (QED) is 0.716. The van der Waals surface area contributed by atoms with Crippen molar-refractivity contribution in [2.24, 2.45) is 11.8 Å². The number of rotatable bonds is 4. The number of benzene rings is 1. The third-order valence-corrected chi connectivity index (χ3v) is 3.89. The Morgan fingerprint density at radius 2 is 2.28 bits per heavy atom. The van der Waals surface area contributed by atoms with Gasteiger partial charge < -0.3 is 16.2 Å². The van der Waals surface area contributed by atoms with Gasteiger partial charge in [-0.1, -0.05) is 19.8 Å². The van der Waals surface area contributed by atoms with Gasteiger partial charge in [0.25, 0.3) is 0 Å². The number of nitrogens with one attached hydrogen (secondary N) is 1. The number of aromatic carboxylic acids is 1. The average Bonchev–Trinajstić information content (AvgIpc) is 2.72. The molecule has 2 unspecified atom stereocenters. The predicted octanol–water partition coefficient (Wildman–Crippen LogP) is 2.82. The minimum absolute atomic E-state index is 0.162. The highest BCUT2D eigenvalue weighted by Crippen LogP contribution is 2.31. The number of nitrogen functional groups attached to an aromatic ring is 1. The number of anilines is 2. The van der Waals surface area contributed by atoms with E-state index in [0.717, 1.165) is 18.2 Å². The Labute approximate surface area is 107 Å². The summed E-state index contributed by atoms with van der Waals surface area (Å²) in [5, 5.41) is 12.2. The topological polar surface area (TPSA) is 75.3 Å². The Bertz CT molecular complexity index is 445. The Balaban J connectivity index is 1.98. The Hall–Kier alpha value is -1.71. The summed E-state index contributed by atoms with van der Waals surface area (Å²) in [5.74, 6) is 0.502. The van der Waals surface area contributed by atoms with E-state index < -0.39 is 5.97 Å². The van der Waals surface area contributed by atoms with E-state index in [1.807, 2.05) is 0 Å². The molecule has 4 heteroatoms. The van der Waals surface area contributed by atoms with Crippen LogP contribution in [0, 0.1) is 11.8 Å². The van der Waals surface area contributed by atoms with Crippen LogP contribution in [-0.4, -0.2) is 17.6 Å². The third-order valence-electron chi connectivity index (χ3n) is 3.89. The van der Waals surface area contributed by atoms with E-state index in [1.54, 1.807) is 18.2 Å². The van der Waals surface area contributed by atoms with Crippen LogP contribution in [0.1, 0.15) is 36.5 Å². The molecule has 2 rings (SSSR count). The van der Waals surface area contributed by atoms with Crippen LogP contribution >= 0.6 is 0 Å². The lowest BCUT2D eigenvalue weighted by Gasteiger charge is -2.17. The fourth-order valence-electron chi connectivity index (χ4n) is 2.64. The number of hydrogen-bond acceptors (Lipinski definition) is 3. The van der Waals surface area contributed by atoms with E-state index in [4.69, 9.17) is 10.8 Å². The molecule has 98 valence electrons. The van der Waals surface area contributed by atoms with Crippen LogP contribution in [0.15, 0.2) is 18.2 Å². The lowest BCUT2D eigenvalue weighted by atomic mass is 9.98. The van der Waals surface area contributed by atoms with Gasteiger partial charge in [-0.3, -0.25) is 0 Å². The SMILES string of the molecule is CC1CCCC1CNc1ccc(C(=O)O)c(N)c1. The molecule has 0 aliphatic heterocycles. The van der Waals surface area contributed by atoms with E-state index in [1.165, 1.54) is 19.3 Å². The van der Waals surface area contributed by atoms with Gasteiger partial charge in [-0.2, -0.15) is 0 Å². The van der Waals surface area contributed by atoms with Crippen LogP contribution in [0.3, 0.4) is 0 Å². The number of carbonyl (C=O) groups is 1. The fraction of sp³-hybridized carbons (Fsp3) is 0.500. The van der Waals surface area contributed by atoms with E-state index in [-0.39, 0.29) is 5.56 Å². The molecule has 0 radical (unpaired) electrons. The first-order valence-corrected chi connectivity index (χ1v) is 6.44. The number of carboxylic acids is 1. The predicted molar refractivity (Wildman–Crippen MR) is 72.8 cm³/mol. The van der Waals surface area contributed by atoms with E-state index in [9.17, 15) is 4.79 Å². The van der Waals surface area contributed by atoms with Crippen LogP contribution in [0.2, 0.25) is 0 Å². The molecule has 4 nitrogen and oxygen atoms in total. The van der Waals surface area contributed by atoms with Crippen LogP contribution in [0.25, 0.3) is 0 Å². The van der Waals surface area contributed by atoms with Gasteiger partial charge in [0.1, 0.15) is 0 Å². The molecule has 0 bridgehead atoms. The first-order valence-electron chi connectivity index (χ1n) is 6.44. The fourth-order valence-corrected chi connectivity index (χ4v) is 2.64. The van der Waals surface area contributed by atoms with Crippen molar-refractivity contribution >= 4 is 17.3 Å². The van der Waals surface area contributed by atoms with Gasteiger partial charge in [-0.05, 0) is 36.5 Å². The Kier molecular flexibility index (Phi) is 3.75. The molecular formula is C14H20N2O2. The summed E-state index contributed by atoms with van der Waals surface area (Å²) in [6, 6.07) is 5.03. The van der Waals surface area contributed by atoms with Gasteiger partial charge in [0.05, 0.1) is 5.56 Å². The number of carboxylic acid groups (broad SMARTS) is 1. The molecule has 0 amide bonds. The van der Waals surface area contributed by atoms with Gasteiger partial charge in [-0.25, -0.2) is 4.79 Å². The highest BCUT2D eigenvalue weighted by Gasteiger charge is 2.22. The molecule has 4 N–H and O–H groups in total. The van der Waals surface area contributed by atoms with Crippen molar-refractivity contribution in [3.05, 3.63) is 23.8 Å². The Morgan fingerprint density at radius 1 is 1.50 bits per heavy atom. The van der Waals surface area contributed by atoms with Crippen LogP contribution < -0.4 is 11.1 Å². The zero-order valence-electron chi connectivity index (χ0n) is 10.6. The van der Waals surface area contributed by atoms with Crippen molar-refractivity contribution in [1.82, 2.24) is 0 Å². The maximum atomic E-state index is 10.8. The summed E-state index contributed by atoms with van der Waals surface area (Å²) in [7, 11) is 0. The summed E-state index contributed by atoms with van der Waals surface area (Å²) in [4.78, 5) is 10.8. The van der Waals surface area contributed by atoms with Crippen LogP contribution in [-0.2, 0) is 0 Å². The second-order valence-corrected chi connectivity index (χ2v) is 5.16. The molecule has 1 aliphatic carbocycles. The zero-order valence-corrected chi connectivity index (χ0v) is 10.6. The van der Waals surface area contributed by atoms with Crippen molar-refractivity contribution < 1.29 is 9.90 Å². The minimum Gasteiger partial charge on any atom is -0.478 e. The molecular weight excluding hydrogens is 228 g/mol. The largest absolute Gasteiger partial charge is 0.478 e. The normalized spacial score (nSPS) is 22.9. The van der Waals surface area contributed by atoms with Crippen LogP contribution in [0.5, 0.6) is 0 Å². The standard InChI is InChI=1S/C14H20N2O2/c1-9-3-2-4-10(9)8-16-11-5-6-12(14(17)18)13(15)7-11/h5-7,9-10,16H,2-4,8,15H2,1H3,(H,17,18). The first kappa shape index (κ1) is 12.7. The Morgan fingerprint density at radius 3 is 2.83 bits per heavy atom. The maximum absolute atomic E-state index is 10.8. The first-order chi connectivity index (χ1) is 8.58. The summed E-state index contributed by atoms with van der Waals surface area (Å²) in [5.41, 5.74) is 7.09. The third kappa shape index (κ3) is 2.75. The molecule has 18 heavy (non-hydrogen) atoms. The molecule has 1 aromatic rings. The second kappa shape index (κ2) is 5.29. The van der Waals surface area contributed by atoms with Gasteiger partial charge in [0, 0.05) is 17.9 Å². The van der Waals surface area contributed by atoms with Crippen LogP contribution in [0.4, 0.5) is 11.4 Å². The molecule has 0 heterocycles. The van der Waals surface area contributed by atoms with Gasteiger partial charge >= 0.3 is 5.97 Å². The number of nitrogens with two attached hydrogens (primary N) is 1. The molecule has 0 spiro atoms. The number of hydrogen-bond donors (Lipinski definition) is 3. The van der Waals surface area contributed by atoms with Crippen molar-refractivity contribution in [2.75, 3.05) is 17.6 Å². The second-order valence-electron chi connectivity index (χ2n) is 5.16. The summed E-state index contributed by atoms with van der Waals surface area (Å²) < 4.78 is 0. The maximum Gasteiger partial charge on any atom is 0.337 e. The molecule has 1 saturated carbocycles. The van der Waals surface area contributed by atoms with Gasteiger partial charge in [0.15, 0.2) is 0 Å². The average molecular weight is 248 g/mol. The molecule has 2 atom stereocenters. The summed E-state index contributed by atoms with van der Waals surface area (Å²) in [6.45, 7) is 3.23. The minimum atomic E-state index is -0.983. The lowest BCUT2D eigenvalue weighted by Crippen LogP contribution is -2.16. The lowest BCUT2D eigenvalue weighted by molar-refractivity contribution is 0.0698. The zero-order chi connectivity index (χ0) is 13.1. The van der Waals surface area contributed by atoms with E-state index >= 15 is 0 Å². The van der Waals surface area contributed by atoms with Crippen molar-refractivity contribution in [3.63, 3.8) is 0 Å². The molecule has 0 aromatic heterocycles. The van der Waals surface area contributed by atoms with Gasteiger partial charge in [0.2, 0.25) is 0 Å². The molecule has 0 saturated heterocycles. The van der Waals surface area contributed by atoms with Gasteiger partial charge in [-0.15, -0.1) is 0 Å². The highest BCUT2D eigenvalue weighted by atomic mass is 16.4.